The quantitative estimate of drug-likeness (QED) is 0.723. The van der Waals surface area contributed by atoms with E-state index < -0.39 is 0 Å². The van der Waals surface area contributed by atoms with Gasteiger partial charge in [0.2, 0.25) is 0 Å². The third-order valence-corrected chi connectivity index (χ3v) is 3.84. The van der Waals surface area contributed by atoms with E-state index in [9.17, 15) is 0 Å². The van der Waals surface area contributed by atoms with Gasteiger partial charge in [-0.25, -0.2) is 0 Å². The molecule has 96 valence electrons. The Morgan fingerprint density at radius 2 is 2.19 bits per heavy atom. The van der Waals surface area contributed by atoms with Gasteiger partial charge in [-0.2, -0.15) is 12.6 Å². The summed E-state index contributed by atoms with van der Waals surface area (Å²) in [6.45, 7) is 10.0. The summed E-state index contributed by atoms with van der Waals surface area (Å²) in [6, 6.07) is 0.638. The minimum absolute atomic E-state index is 0.406. The summed E-state index contributed by atoms with van der Waals surface area (Å²) >= 11 is 4.30. The van der Waals surface area contributed by atoms with E-state index in [1.54, 1.807) is 0 Å². The molecule has 0 radical (unpaired) electrons. The standard InChI is InChI=1S/C13H27NOS/c1-4-13-10-15-12(3)9-14(13)7-5-11(2)6-8-16/h11-13,16H,4-10H2,1-3H3. The minimum atomic E-state index is 0.406. The van der Waals surface area contributed by atoms with E-state index in [0.717, 1.165) is 24.8 Å². The van der Waals surface area contributed by atoms with Crippen LogP contribution in [0, 0.1) is 5.92 Å². The second-order valence-electron chi connectivity index (χ2n) is 5.11. The maximum absolute atomic E-state index is 5.71. The molecule has 1 heterocycles. The van der Waals surface area contributed by atoms with Crippen LogP contribution in [0.5, 0.6) is 0 Å². The highest BCUT2D eigenvalue weighted by Gasteiger charge is 2.25. The van der Waals surface area contributed by atoms with Crippen molar-refractivity contribution in [2.24, 2.45) is 5.92 Å². The first-order valence-corrected chi connectivity index (χ1v) is 7.27. The lowest BCUT2D eigenvalue weighted by molar-refractivity contribution is -0.0570. The molecule has 3 atom stereocenters. The average Bonchev–Trinajstić information content (AvgIpc) is 2.27. The monoisotopic (exact) mass is 245 g/mol. The van der Waals surface area contributed by atoms with Gasteiger partial charge in [0.1, 0.15) is 0 Å². The number of rotatable bonds is 6. The molecule has 16 heavy (non-hydrogen) atoms. The van der Waals surface area contributed by atoms with Gasteiger partial charge < -0.3 is 4.74 Å². The summed E-state index contributed by atoms with van der Waals surface area (Å²) in [6.07, 6.45) is 4.14. The summed E-state index contributed by atoms with van der Waals surface area (Å²) in [5.74, 6) is 1.81. The van der Waals surface area contributed by atoms with E-state index in [1.165, 1.54) is 25.8 Å². The lowest BCUT2D eigenvalue weighted by Gasteiger charge is -2.38. The molecule has 3 unspecified atom stereocenters. The Hall–Kier alpha value is 0.270. The summed E-state index contributed by atoms with van der Waals surface area (Å²) in [5.41, 5.74) is 0. The maximum atomic E-state index is 5.71. The predicted molar refractivity (Wildman–Crippen MR) is 73.3 cm³/mol. The molecule has 1 rings (SSSR count). The normalized spacial score (nSPS) is 29.2. The molecule has 0 aromatic carbocycles. The van der Waals surface area contributed by atoms with Crippen LogP contribution in [-0.2, 0) is 4.74 Å². The van der Waals surface area contributed by atoms with Gasteiger partial charge in [-0.1, -0.05) is 13.8 Å². The highest BCUT2D eigenvalue weighted by atomic mass is 32.1. The molecular formula is C13H27NOS. The second kappa shape index (κ2) is 7.57. The van der Waals surface area contributed by atoms with Crippen molar-refractivity contribution in [1.29, 1.82) is 0 Å². The van der Waals surface area contributed by atoms with Crippen molar-refractivity contribution in [1.82, 2.24) is 4.90 Å². The molecule has 0 amide bonds. The average molecular weight is 245 g/mol. The van der Waals surface area contributed by atoms with Crippen molar-refractivity contribution in [3.8, 4) is 0 Å². The van der Waals surface area contributed by atoms with E-state index >= 15 is 0 Å². The van der Waals surface area contributed by atoms with E-state index in [4.69, 9.17) is 4.74 Å². The Morgan fingerprint density at radius 3 is 2.81 bits per heavy atom. The van der Waals surface area contributed by atoms with Gasteiger partial charge >= 0.3 is 0 Å². The number of ether oxygens (including phenoxy) is 1. The zero-order chi connectivity index (χ0) is 12.0. The Bertz CT molecular complexity index is 189. The van der Waals surface area contributed by atoms with E-state index in [2.05, 4.69) is 38.3 Å². The van der Waals surface area contributed by atoms with Crippen molar-refractivity contribution < 1.29 is 4.74 Å². The number of thiol groups is 1. The maximum Gasteiger partial charge on any atom is 0.0674 e. The second-order valence-corrected chi connectivity index (χ2v) is 5.55. The zero-order valence-electron chi connectivity index (χ0n) is 11.0. The minimum Gasteiger partial charge on any atom is -0.376 e. The molecule has 1 aliphatic heterocycles. The van der Waals surface area contributed by atoms with E-state index in [1.807, 2.05) is 0 Å². The van der Waals surface area contributed by atoms with Gasteiger partial charge in [-0.15, -0.1) is 0 Å². The van der Waals surface area contributed by atoms with E-state index in [-0.39, 0.29) is 0 Å². The van der Waals surface area contributed by atoms with Crippen molar-refractivity contribution in [2.75, 3.05) is 25.4 Å². The molecular weight excluding hydrogens is 218 g/mol. The molecule has 0 aromatic heterocycles. The number of hydrogen-bond donors (Lipinski definition) is 1. The predicted octanol–water partition coefficient (Wildman–Crippen LogP) is 2.83. The molecule has 1 aliphatic rings. The van der Waals surface area contributed by atoms with Crippen LogP contribution in [0.15, 0.2) is 0 Å². The van der Waals surface area contributed by atoms with E-state index in [0.29, 0.717) is 12.1 Å². The van der Waals surface area contributed by atoms with Crippen molar-refractivity contribution in [2.45, 2.75) is 52.2 Å². The van der Waals surface area contributed by atoms with Crippen LogP contribution >= 0.6 is 12.6 Å². The summed E-state index contributed by atoms with van der Waals surface area (Å²) < 4.78 is 5.71. The molecule has 0 N–H and O–H groups in total. The highest BCUT2D eigenvalue weighted by molar-refractivity contribution is 7.80. The van der Waals surface area contributed by atoms with Crippen LogP contribution in [0.25, 0.3) is 0 Å². The Balaban J connectivity index is 2.31. The molecule has 1 fully saturated rings. The smallest absolute Gasteiger partial charge is 0.0674 e. The largest absolute Gasteiger partial charge is 0.376 e. The molecule has 1 saturated heterocycles. The van der Waals surface area contributed by atoms with Crippen LogP contribution in [-0.4, -0.2) is 42.5 Å². The van der Waals surface area contributed by atoms with Crippen molar-refractivity contribution >= 4 is 12.6 Å². The van der Waals surface area contributed by atoms with Gasteiger partial charge in [0.15, 0.2) is 0 Å². The Kier molecular flexibility index (Phi) is 6.78. The molecule has 0 spiro atoms. The summed E-state index contributed by atoms with van der Waals surface area (Å²) in [7, 11) is 0. The van der Waals surface area contributed by atoms with Gasteiger partial charge in [0.25, 0.3) is 0 Å². The van der Waals surface area contributed by atoms with Crippen LogP contribution in [0.1, 0.15) is 40.0 Å². The summed E-state index contributed by atoms with van der Waals surface area (Å²) in [4.78, 5) is 2.61. The fourth-order valence-corrected chi connectivity index (χ4v) is 2.75. The third kappa shape index (κ3) is 4.64. The van der Waals surface area contributed by atoms with Gasteiger partial charge in [-0.05, 0) is 44.4 Å². The van der Waals surface area contributed by atoms with Crippen molar-refractivity contribution in [3.05, 3.63) is 0 Å². The number of nitrogens with zero attached hydrogens (tertiary/aromatic N) is 1. The Labute approximate surface area is 106 Å². The SMILES string of the molecule is CCC1COC(C)CN1CCC(C)CCS. The first-order chi connectivity index (χ1) is 7.67. The van der Waals surface area contributed by atoms with Gasteiger partial charge in [0, 0.05) is 12.6 Å². The molecule has 2 nitrogen and oxygen atoms in total. The molecule has 0 aliphatic carbocycles. The van der Waals surface area contributed by atoms with Gasteiger partial charge in [-0.3, -0.25) is 4.90 Å². The zero-order valence-corrected chi connectivity index (χ0v) is 11.9. The number of hydrogen-bond acceptors (Lipinski definition) is 3. The molecule has 0 aromatic rings. The third-order valence-electron chi connectivity index (χ3n) is 3.58. The first-order valence-electron chi connectivity index (χ1n) is 6.63. The fraction of sp³-hybridized carbons (Fsp3) is 1.00. The molecule has 3 heteroatoms. The topological polar surface area (TPSA) is 12.5 Å². The van der Waals surface area contributed by atoms with Crippen LogP contribution in [0.2, 0.25) is 0 Å². The first kappa shape index (κ1) is 14.3. The van der Waals surface area contributed by atoms with Crippen molar-refractivity contribution in [3.63, 3.8) is 0 Å². The fourth-order valence-electron chi connectivity index (χ4n) is 2.31. The van der Waals surface area contributed by atoms with Crippen LogP contribution in [0.4, 0.5) is 0 Å². The van der Waals surface area contributed by atoms with Crippen LogP contribution < -0.4 is 0 Å². The highest BCUT2D eigenvalue weighted by Crippen LogP contribution is 2.17. The lowest BCUT2D eigenvalue weighted by Crippen LogP contribution is -2.48. The molecule has 0 bridgehead atoms. The summed E-state index contributed by atoms with van der Waals surface area (Å²) in [5, 5.41) is 0. The Morgan fingerprint density at radius 1 is 1.44 bits per heavy atom. The van der Waals surface area contributed by atoms with Gasteiger partial charge in [0.05, 0.1) is 12.7 Å². The lowest BCUT2D eigenvalue weighted by atomic mass is 10.0. The molecule has 0 saturated carbocycles. The number of morpholine rings is 1. The van der Waals surface area contributed by atoms with Crippen LogP contribution in [0.3, 0.4) is 0 Å².